The highest BCUT2D eigenvalue weighted by atomic mass is 16.3. The molecular weight excluding hydrogens is 426 g/mol. The van der Waals surface area contributed by atoms with Crippen molar-refractivity contribution in [3.63, 3.8) is 0 Å². The minimum atomic E-state index is -0.0729. The third-order valence-electron chi connectivity index (χ3n) is 6.89. The van der Waals surface area contributed by atoms with Crippen molar-refractivity contribution in [2.45, 2.75) is 73.0 Å². The lowest BCUT2D eigenvalue weighted by Crippen LogP contribution is -2.25. The summed E-state index contributed by atoms with van der Waals surface area (Å²) in [6, 6.07) is 14.1. The standard InChI is InChI=1S/C29H33NO4/c1-28(2)12-24(31)22-10-20(33-26(22)14-28)17-30(16-19-8-6-5-7-9-19)18-21-11-23-25(32)13-29(3,4)15-27(23)34-21/h5-11H,12-18H2,1-4H3. The van der Waals surface area contributed by atoms with E-state index >= 15 is 0 Å². The molecule has 0 unspecified atom stereocenters. The van der Waals surface area contributed by atoms with Crippen LogP contribution in [0, 0.1) is 10.8 Å². The van der Waals surface area contributed by atoms with Crippen LogP contribution in [-0.4, -0.2) is 16.5 Å². The first-order valence-electron chi connectivity index (χ1n) is 12.1. The number of benzene rings is 1. The van der Waals surface area contributed by atoms with Gasteiger partial charge >= 0.3 is 0 Å². The molecule has 0 aliphatic heterocycles. The molecule has 5 nitrogen and oxygen atoms in total. The van der Waals surface area contributed by atoms with E-state index in [9.17, 15) is 9.59 Å². The minimum Gasteiger partial charge on any atom is -0.464 e. The van der Waals surface area contributed by atoms with Crippen molar-refractivity contribution in [1.29, 1.82) is 0 Å². The van der Waals surface area contributed by atoms with Crippen LogP contribution < -0.4 is 0 Å². The SMILES string of the molecule is CC1(C)CC(=O)c2cc(CN(Cc3ccccc3)Cc3cc4c(o3)CC(C)(C)CC4=O)oc2C1. The lowest BCUT2D eigenvalue weighted by Gasteiger charge is -2.26. The fraction of sp³-hybridized carbons (Fsp3) is 0.448. The highest BCUT2D eigenvalue weighted by Gasteiger charge is 2.35. The molecule has 2 aromatic heterocycles. The summed E-state index contributed by atoms with van der Waals surface area (Å²) in [4.78, 5) is 27.6. The van der Waals surface area contributed by atoms with E-state index in [2.05, 4.69) is 44.7 Å². The predicted molar refractivity (Wildman–Crippen MR) is 130 cm³/mol. The average molecular weight is 460 g/mol. The summed E-state index contributed by atoms with van der Waals surface area (Å²) in [5.74, 6) is 3.52. The largest absolute Gasteiger partial charge is 0.464 e. The van der Waals surface area contributed by atoms with E-state index < -0.39 is 0 Å². The normalized spacial score (nSPS) is 18.7. The second-order valence-corrected chi connectivity index (χ2v) is 11.6. The number of carbonyl (C=O) groups excluding carboxylic acids is 2. The maximum absolute atomic E-state index is 12.7. The van der Waals surface area contributed by atoms with Gasteiger partial charge in [-0.25, -0.2) is 0 Å². The Balaban J connectivity index is 1.40. The summed E-state index contributed by atoms with van der Waals surface area (Å²) in [7, 11) is 0. The fourth-order valence-electron chi connectivity index (χ4n) is 5.36. The smallest absolute Gasteiger partial charge is 0.166 e. The zero-order chi connectivity index (χ0) is 24.1. The molecule has 2 aliphatic carbocycles. The Bertz CT molecular complexity index is 1150. The van der Waals surface area contributed by atoms with Gasteiger partial charge in [0.25, 0.3) is 0 Å². The molecule has 3 aromatic rings. The number of hydrogen-bond acceptors (Lipinski definition) is 5. The molecule has 0 N–H and O–H groups in total. The third kappa shape index (κ3) is 4.80. The highest BCUT2D eigenvalue weighted by Crippen LogP contribution is 2.38. The lowest BCUT2D eigenvalue weighted by atomic mass is 9.77. The Morgan fingerprint density at radius 3 is 1.65 bits per heavy atom. The van der Waals surface area contributed by atoms with E-state index in [1.165, 1.54) is 5.56 Å². The summed E-state index contributed by atoms with van der Waals surface area (Å²) in [6.07, 6.45) is 2.65. The number of fused-ring (bicyclic) bond motifs is 2. The van der Waals surface area contributed by atoms with E-state index in [1.807, 2.05) is 30.3 Å². The van der Waals surface area contributed by atoms with Crippen molar-refractivity contribution < 1.29 is 18.4 Å². The molecule has 0 amide bonds. The number of carbonyl (C=O) groups is 2. The Morgan fingerprint density at radius 2 is 1.18 bits per heavy atom. The molecule has 0 spiro atoms. The molecule has 2 heterocycles. The van der Waals surface area contributed by atoms with Crippen LogP contribution in [0.4, 0.5) is 0 Å². The summed E-state index contributed by atoms with van der Waals surface area (Å²) in [6.45, 7) is 10.3. The Labute approximate surface area is 201 Å². The van der Waals surface area contributed by atoms with Gasteiger partial charge in [0.15, 0.2) is 11.6 Å². The number of Topliss-reactive ketones (excluding diaryl/α,β-unsaturated/α-hetero) is 2. The van der Waals surface area contributed by atoms with Gasteiger partial charge in [-0.3, -0.25) is 14.5 Å². The first kappa shape index (κ1) is 22.9. The van der Waals surface area contributed by atoms with Crippen LogP contribution >= 0.6 is 0 Å². The van der Waals surface area contributed by atoms with Gasteiger partial charge in [0.1, 0.15) is 23.0 Å². The van der Waals surface area contributed by atoms with E-state index in [-0.39, 0.29) is 22.4 Å². The summed E-state index contributed by atoms with van der Waals surface area (Å²) >= 11 is 0. The highest BCUT2D eigenvalue weighted by molar-refractivity contribution is 5.99. The third-order valence-corrected chi connectivity index (χ3v) is 6.89. The maximum Gasteiger partial charge on any atom is 0.166 e. The maximum atomic E-state index is 12.7. The van der Waals surface area contributed by atoms with Gasteiger partial charge in [0, 0.05) is 32.2 Å². The molecule has 0 radical (unpaired) electrons. The molecule has 5 heteroatoms. The topological polar surface area (TPSA) is 63.7 Å². The van der Waals surface area contributed by atoms with Crippen molar-refractivity contribution in [2.24, 2.45) is 10.8 Å². The van der Waals surface area contributed by atoms with Crippen LogP contribution in [0.3, 0.4) is 0 Å². The molecule has 0 fully saturated rings. The van der Waals surface area contributed by atoms with Crippen LogP contribution in [0.5, 0.6) is 0 Å². The molecule has 0 atom stereocenters. The van der Waals surface area contributed by atoms with Gasteiger partial charge in [-0.2, -0.15) is 0 Å². The van der Waals surface area contributed by atoms with Gasteiger partial charge in [0.05, 0.1) is 24.2 Å². The predicted octanol–water partition coefficient (Wildman–Crippen LogP) is 6.39. The first-order valence-corrected chi connectivity index (χ1v) is 12.1. The fourth-order valence-corrected chi connectivity index (χ4v) is 5.36. The Hall–Kier alpha value is -2.92. The van der Waals surface area contributed by atoms with E-state index in [1.54, 1.807) is 0 Å². The van der Waals surface area contributed by atoms with E-state index in [4.69, 9.17) is 8.83 Å². The second-order valence-electron chi connectivity index (χ2n) is 11.6. The average Bonchev–Trinajstić information content (AvgIpc) is 3.30. The van der Waals surface area contributed by atoms with Crippen molar-refractivity contribution in [1.82, 2.24) is 4.90 Å². The van der Waals surface area contributed by atoms with Crippen molar-refractivity contribution in [3.8, 4) is 0 Å². The number of nitrogens with zero attached hydrogens (tertiary/aromatic N) is 1. The van der Waals surface area contributed by atoms with Crippen molar-refractivity contribution in [3.05, 3.63) is 82.2 Å². The molecular formula is C29H33NO4. The van der Waals surface area contributed by atoms with E-state index in [0.717, 1.165) is 47.0 Å². The molecule has 34 heavy (non-hydrogen) atoms. The summed E-state index contributed by atoms with van der Waals surface area (Å²) < 4.78 is 12.4. The zero-order valence-electron chi connectivity index (χ0n) is 20.6. The second kappa shape index (κ2) is 8.38. The van der Waals surface area contributed by atoms with Gasteiger partial charge in [-0.15, -0.1) is 0 Å². The first-order chi connectivity index (χ1) is 16.1. The zero-order valence-corrected chi connectivity index (χ0v) is 20.6. The minimum absolute atomic E-state index is 0.0729. The van der Waals surface area contributed by atoms with Gasteiger partial charge in [0.2, 0.25) is 0 Å². The van der Waals surface area contributed by atoms with E-state index in [0.29, 0.717) is 32.5 Å². The molecule has 0 saturated heterocycles. The molecule has 0 saturated carbocycles. The van der Waals surface area contributed by atoms with Gasteiger partial charge in [-0.1, -0.05) is 58.0 Å². The molecule has 1 aromatic carbocycles. The van der Waals surface area contributed by atoms with Crippen LogP contribution in [0.1, 0.15) is 89.9 Å². The number of rotatable bonds is 6. The van der Waals surface area contributed by atoms with Crippen LogP contribution in [-0.2, 0) is 32.5 Å². The monoisotopic (exact) mass is 459 g/mol. The van der Waals surface area contributed by atoms with Crippen LogP contribution in [0.25, 0.3) is 0 Å². The molecule has 2 aliphatic rings. The Kier molecular flexibility index (Phi) is 5.64. The number of furan rings is 2. The summed E-state index contributed by atoms with van der Waals surface area (Å²) in [5.41, 5.74) is 2.50. The quantitative estimate of drug-likeness (QED) is 0.428. The van der Waals surface area contributed by atoms with Crippen molar-refractivity contribution in [2.75, 3.05) is 0 Å². The van der Waals surface area contributed by atoms with Crippen molar-refractivity contribution >= 4 is 11.6 Å². The number of ketones is 2. The number of hydrogen-bond donors (Lipinski definition) is 0. The summed E-state index contributed by atoms with van der Waals surface area (Å²) in [5, 5.41) is 0. The Morgan fingerprint density at radius 1 is 0.706 bits per heavy atom. The molecule has 178 valence electrons. The van der Waals surface area contributed by atoms with Gasteiger partial charge < -0.3 is 8.83 Å². The van der Waals surface area contributed by atoms with Crippen LogP contribution in [0.15, 0.2) is 51.3 Å². The molecule has 0 bridgehead atoms. The van der Waals surface area contributed by atoms with Gasteiger partial charge in [-0.05, 0) is 28.5 Å². The van der Waals surface area contributed by atoms with Crippen LogP contribution in [0.2, 0.25) is 0 Å². The lowest BCUT2D eigenvalue weighted by molar-refractivity contribution is 0.0893. The molecule has 5 rings (SSSR count).